The van der Waals surface area contributed by atoms with Crippen LogP contribution in [0.25, 0.3) is 0 Å². The molecule has 0 bridgehead atoms. The first-order valence-electron chi connectivity index (χ1n) is 7.81. The molecule has 0 amide bonds. The number of nitrogens with one attached hydrogen (secondary N) is 1. The lowest BCUT2D eigenvalue weighted by atomic mass is 9.99. The van der Waals surface area contributed by atoms with Crippen LogP contribution in [0.4, 0.5) is 0 Å². The number of aliphatic hydroxyl groups excluding tert-OH is 1. The van der Waals surface area contributed by atoms with Gasteiger partial charge < -0.3 is 10.4 Å². The van der Waals surface area contributed by atoms with Crippen molar-refractivity contribution in [1.29, 1.82) is 0 Å². The fourth-order valence-corrected chi connectivity index (χ4v) is 3.03. The second kappa shape index (κ2) is 7.77. The zero-order valence-corrected chi connectivity index (χ0v) is 12.8. The Labute approximate surface area is 123 Å². The third-order valence-electron chi connectivity index (χ3n) is 4.11. The molecule has 1 aromatic rings. The Bertz CT molecular complexity index is 380. The minimum absolute atomic E-state index is 0.246. The molecule has 2 rings (SSSR count). The van der Waals surface area contributed by atoms with Gasteiger partial charge in [0.1, 0.15) is 0 Å². The van der Waals surface area contributed by atoms with Crippen molar-refractivity contribution in [2.75, 3.05) is 26.2 Å². The lowest BCUT2D eigenvalue weighted by Gasteiger charge is -2.40. The molecule has 1 aliphatic heterocycles. The van der Waals surface area contributed by atoms with E-state index in [1.807, 2.05) is 0 Å². The molecule has 3 heteroatoms. The van der Waals surface area contributed by atoms with Gasteiger partial charge in [0.25, 0.3) is 0 Å². The molecule has 1 fully saturated rings. The van der Waals surface area contributed by atoms with Crippen LogP contribution in [-0.2, 0) is 6.42 Å². The maximum absolute atomic E-state index is 9.55. The van der Waals surface area contributed by atoms with Crippen molar-refractivity contribution in [3.63, 3.8) is 0 Å². The van der Waals surface area contributed by atoms with Crippen LogP contribution in [0, 0.1) is 5.92 Å². The highest BCUT2D eigenvalue weighted by Gasteiger charge is 2.27. The van der Waals surface area contributed by atoms with Crippen LogP contribution in [-0.4, -0.2) is 48.3 Å². The minimum atomic E-state index is 0.246. The summed E-state index contributed by atoms with van der Waals surface area (Å²) in [5.41, 5.74) is 1.38. The first-order chi connectivity index (χ1) is 9.69. The topological polar surface area (TPSA) is 35.5 Å². The van der Waals surface area contributed by atoms with E-state index in [4.69, 9.17) is 0 Å². The fraction of sp³-hybridized carbons (Fsp3) is 0.647. The first kappa shape index (κ1) is 15.5. The lowest BCUT2D eigenvalue weighted by Crippen LogP contribution is -2.58. The van der Waals surface area contributed by atoms with Crippen LogP contribution < -0.4 is 5.32 Å². The van der Waals surface area contributed by atoms with Gasteiger partial charge in [-0.25, -0.2) is 0 Å². The molecule has 0 radical (unpaired) electrons. The average Bonchev–Trinajstić information content (AvgIpc) is 2.46. The second-order valence-corrected chi connectivity index (χ2v) is 6.30. The largest absolute Gasteiger partial charge is 0.395 e. The van der Waals surface area contributed by atoms with Crippen LogP contribution in [0.3, 0.4) is 0 Å². The quantitative estimate of drug-likeness (QED) is 0.833. The molecule has 0 aromatic heterocycles. The summed E-state index contributed by atoms with van der Waals surface area (Å²) in [4.78, 5) is 2.45. The highest BCUT2D eigenvalue weighted by molar-refractivity contribution is 5.15. The zero-order chi connectivity index (χ0) is 14.4. The second-order valence-electron chi connectivity index (χ2n) is 6.30. The van der Waals surface area contributed by atoms with Crippen LogP contribution in [0.1, 0.15) is 25.8 Å². The van der Waals surface area contributed by atoms with Crippen molar-refractivity contribution >= 4 is 0 Å². The summed E-state index contributed by atoms with van der Waals surface area (Å²) < 4.78 is 0. The average molecular weight is 276 g/mol. The first-order valence-corrected chi connectivity index (χ1v) is 7.81. The van der Waals surface area contributed by atoms with Crippen molar-refractivity contribution in [1.82, 2.24) is 10.2 Å². The van der Waals surface area contributed by atoms with E-state index in [0.717, 1.165) is 26.1 Å². The Balaban J connectivity index is 1.88. The van der Waals surface area contributed by atoms with E-state index in [2.05, 4.69) is 54.4 Å². The summed E-state index contributed by atoms with van der Waals surface area (Å²) in [5.74, 6) is 0.717. The van der Waals surface area contributed by atoms with Gasteiger partial charge in [-0.3, -0.25) is 4.90 Å². The highest BCUT2D eigenvalue weighted by atomic mass is 16.3. The molecule has 2 unspecified atom stereocenters. The molecule has 1 saturated heterocycles. The number of rotatable bonds is 6. The van der Waals surface area contributed by atoms with Gasteiger partial charge in [0, 0.05) is 31.7 Å². The van der Waals surface area contributed by atoms with Crippen molar-refractivity contribution in [3.05, 3.63) is 35.9 Å². The molecule has 0 saturated carbocycles. The van der Waals surface area contributed by atoms with Crippen molar-refractivity contribution in [2.45, 2.75) is 38.8 Å². The number of hydrogen-bond acceptors (Lipinski definition) is 3. The Morgan fingerprint density at radius 2 is 2.05 bits per heavy atom. The van der Waals surface area contributed by atoms with Gasteiger partial charge in [-0.1, -0.05) is 44.2 Å². The third-order valence-corrected chi connectivity index (χ3v) is 4.11. The van der Waals surface area contributed by atoms with Crippen LogP contribution in [0.2, 0.25) is 0 Å². The standard InChI is InChI=1S/C17H28N2O/c1-14(2)10-16-12-19(17(13-20)11-18-16)9-8-15-6-4-3-5-7-15/h3-7,14,16-18,20H,8-13H2,1-2H3. The highest BCUT2D eigenvalue weighted by Crippen LogP contribution is 2.14. The van der Waals surface area contributed by atoms with Crippen molar-refractivity contribution in [3.8, 4) is 0 Å². The number of piperazine rings is 1. The maximum Gasteiger partial charge on any atom is 0.0599 e. The molecule has 0 aliphatic carbocycles. The van der Waals surface area contributed by atoms with E-state index in [-0.39, 0.29) is 12.6 Å². The molecule has 3 nitrogen and oxygen atoms in total. The monoisotopic (exact) mass is 276 g/mol. The summed E-state index contributed by atoms with van der Waals surface area (Å²) in [7, 11) is 0. The summed E-state index contributed by atoms with van der Waals surface area (Å²) in [6.45, 7) is 7.78. The maximum atomic E-state index is 9.55. The normalized spacial score (nSPS) is 24.2. The van der Waals surface area contributed by atoms with E-state index in [9.17, 15) is 5.11 Å². The summed E-state index contributed by atoms with van der Waals surface area (Å²) in [6, 6.07) is 11.4. The van der Waals surface area contributed by atoms with Crippen LogP contribution in [0.5, 0.6) is 0 Å². The Morgan fingerprint density at radius 3 is 2.70 bits per heavy atom. The Morgan fingerprint density at radius 1 is 1.30 bits per heavy atom. The molecule has 1 aromatic carbocycles. The molecule has 0 spiro atoms. The minimum Gasteiger partial charge on any atom is -0.395 e. The van der Waals surface area contributed by atoms with Gasteiger partial charge in [-0.15, -0.1) is 0 Å². The van der Waals surface area contributed by atoms with Gasteiger partial charge in [-0.2, -0.15) is 0 Å². The number of nitrogens with zero attached hydrogens (tertiary/aromatic N) is 1. The van der Waals surface area contributed by atoms with Gasteiger partial charge in [0.05, 0.1) is 6.61 Å². The number of hydrogen-bond donors (Lipinski definition) is 2. The zero-order valence-electron chi connectivity index (χ0n) is 12.8. The summed E-state index contributed by atoms with van der Waals surface area (Å²) in [6.07, 6.45) is 2.27. The van der Waals surface area contributed by atoms with Gasteiger partial charge in [-0.05, 0) is 24.3 Å². The van der Waals surface area contributed by atoms with Crippen molar-refractivity contribution < 1.29 is 5.11 Å². The number of aliphatic hydroxyl groups is 1. The smallest absolute Gasteiger partial charge is 0.0599 e. The van der Waals surface area contributed by atoms with E-state index in [1.54, 1.807) is 0 Å². The Kier molecular flexibility index (Phi) is 6.02. The molecule has 2 N–H and O–H groups in total. The SMILES string of the molecule is CC(C)CC1CN(CCc2ccccc2)C(CO)CN1. The fourth-order valence-electron chi connectivity index (χ4n) is 3.03. The van der Waals surface area contributed by atoms with E-state index in [1.165, 1.54) is 12.0 Å². The summed E-state index contributed by atoms with van der Waals surface area (Å²) in [5, 5.41) is 13.1. The predicted molar refractivity (Wildman–Crippen MR) is 83.8 cm³/mol. The molecule has 1 aliphatic rings. The molecule has 1 heterocycles. The van der Waals surface area contributed by atoms with E-state index in [0.29, 0.717) is 12.0 Å². The molecular formula is C17H28N2O. The van der Waals surface area contributed by atoms with Crippen LogP contribution >= 0.6 is 0 Å². The number of benzene rings is 1. The van der Waals surface area contributed by atoms with Crippen LogP contribution in [0.15, 0.2) is 30.3 Å². The molecular weight excluding hydrogens is 248 g/mol. The van der Waals surface area contributed by atoms with Gasteiger partial charge in [0.2, 0.25) is 0 Å². The molecule has 2 atom stereocenters. The Hall–Kier alpha value is -0.900. The third kappa shape index (κ3) is 4.58. The summed E-state index contributed by atoms with van der Waals surface area (Å²) >= 11 is 0. The molecule has 20 heavy (non-hydrogen) atoms. The van der Waals surface area contributed by atoms with Crippen molar-refractivity contribution in [2.24, 2.45) is 5.92 Å². The predicted octanol–water partition coefficient (Wildman–Crippen LogP) is 1.91. The van der Waals surface area contributed by atoms with Gasteiger partial charge >= 0.3 is 0 Å². The van der Waals surface area contributed by atoms with Gasteiger partial charge in [0.15, 0.2) is 0 Å². The lowest BCUT2D eigenvalue weighted by molar-refractivity contribution is 0.0770. The van der Waals surface area contributed by atoms with E-state index >= 15 is 0 Å². The van der Waals surface area contributed by atoms with E-state index < -0.39 is 0 Å². The molecule has 112 valence electrons.